The molecule has 0 aliphatic rings. The summed E-state index contributed by atoms with van der Waals surface area (Å²) in [5.41, 5.74) is 1.32. The maximum atomic E-state index is 5.72. The molecule has 0 saturated carbocycles. The third kappa shape index (κ3) is 3.57. The summed E-state index contributed by atoms with van der Waals surface area (Å²) in [6.45, 7) is 0. The minimum Gasteiger partial charge on any atom is -0.333 e. The third-order valence-corrected chi connectivity index (χ3v) is 2.28. The zero-order valence-electron chi connectivity index (χ0n) is 8.11. The van der Waals surface area contributed by atoms with Gasteiger partial charge in [0, 0.05) is 6.42 Å². The summed E-state index contributed by atoms with van der Waals surface area (Å²) in [5.74, 6) is 0.943. The molecule has 80 valence electrons. The minimum absolute atomic E-state index is 0. The van der Waals surface area contributed by atoms with E-state index in [0.29, 0.717) is 5.15 Å². The first kappa shape index (κ1) is 12.1. The number of aromatic nitrogens is 2. The van der Waals surface area contributed by atoms with E-state index in [4.69, 9.17) is 11.6 Å². The van der Waals surface area contributed by atoms with E-state index in [1.54, 1.807) is 6.20 Å². The molecule has 4 heteroatoms. The Balaban J connectivity index is 0.00000112. The molecule has 2 nitrogen and oxygen atoms in total. The molecule has 2 aromatic rings. The molecule has 0 amide bonds. The number of imidazole rings is 1. The van der Waals surface area contributed by atoms with Gasteiger partial charge in [-0.05, 0) is 12.0 Å². The van der Waals surface area contributed by atoms with Gasteiger partial charge in [-0.2, -0.15) is 0 Å². The number of hydrogen-bond acceptors (Lipinski definition) is 1. The highest BCUT2D eigenvalue weighted by atomic mass is 35.5. The molecule has 1 aromatic carbocycles. The van der Waals surface area contributed by atoms with Gasteiger partial charge in [-0.25, -0.2) is 4.98 Å². The molecule has 0 aliphatic heterocycles. The van der Waals surface area contributed by atoms with Crippen LogP contribution >= 0.6 is 24.0 Å². The van der Waals surface area contributed by atoms with Crippen LogP contribution in [0.5, 0.6) is 0 Å². The molecule has 15 heavy (non-hydrogen) atoms. The molecular weight excluding hydrogens is 231 g/mol. The Morgan fingerprint density at radius 3 is 2.47 bits per heavy atom. The molecule has 0 aliphatic carbocycles. The summed E-state index contributed by atoms with van der Waals surface area (Å²) < 4.78 is 0. The quantitative estimate of drug-likeness (QED) is 0.880. The van der Waals surface area contributed by atoms with E-state index in [-0.39, 0.29) is 12.4 Å². The number of aromatic amines is 1. The molecule has 0 fully saturated rings. The average molecular weight is 243 g/mol. The smallest absolute Gasteiger partial charge is 0.126 e. The second-order valence-corrected chi connectivity index (χ2v) is 3.57. The summed E-state index contributed by atoms with van der Waals surface area (Å²) in [7, 11) is 0. The summed E-state index contributed by atoms with van der Waals surface area (Å²) in [6, 6.07) is 10.3. The second kappa shape index (κ2) is 5.79. The van der Waals surface area contributed by atoms with Crippen LogP contribution in [-0.2, 0) is 12.8 Å². The monoisotopic (exact) mass is 242 g/mol. The van der Waals surface area contributed by atoms with Crippen molar-refractivity contribution in [2.45, 2.75) is 12.8 Å². The number of halogens is 2. The maximum Gasteiger partial charge on any atom is 0.126 e. The van der Waals surface area contributed by atoms with Crippen molar-refractivity contribution in [3.8, 4) is 0 Å². The Hall–Kier alpha value is -0.990. The number of H-pyrrole nitrogens is 1. The van der Waals surface area contributed by atoms with Crippen molar-refractivity contribution in [2.24, 2.45) is 0 Å². The average Bonchev–Trinajstić information content (AvgIpc) is 2.63. The largest absolute Gasteiger partial charge is 0.333 e. The lowest BCUT2D eigenvalue weighted by Gasteiger charge is -1.97. The third-order valence-electron chi connectivity index (χ3n) is 2.09. The molecular formula is C11H12Cl2N2. The molecule has 1 N–H and O–H groups in total. The maximum absolute atomic E-state index is 5.72. The number of rotatable bonds is 3. The first-order chi connectivity index (χ1) is 6.84. The van der Waals surface area contributed by atoms with Crippen molar-refractivity contribution in [1.29, 1.82) is 0 Å². The van der Waals surface area contributed by atoms with Gasteiger partial charge < -0.3 is 4.98 Å². The summed E-state index contributed by atoms with van der Waals surface area (Å²) >= 11 is 5.72. The van der Waals surface area contributed by atoms with Gasteiger partial charge in [-0.3, -0.25) is 0 Å². The van der Waals surface area contributed by atoms with Crippen molar-refractivity contribution in [2.75, 3.05) is 0 Å². The Kier molecular flexibility index (Phi) is 4.66. The SMILES string of the molecule is Cl.Clc1cnc(CCc2ccccc2)[nH]1. The second-order valence-electron chi connectivity index (χ2n) is 3.16. The van der Waals surface area contributed by atoms with Crippen LogP contribution in [0.25, 0.3) is 0 Å². The normalized spacial score (nSPS) is 9.67. The van der Waals surface area contributed by atoms with Gasteiger partial charge in [0.2, 0.25) is 0 Å². The van der Waals surface area contributed by atoms with Crippen LogP contribution in [0.4, 0.5) is 0 Å². The highest BCUT2D eigenvalue weighted by molar-refractivity contribution is 6.29. The molecule has 0 unspecified atom stereocenters. The van der Waals surface area contributed by atoms with Crippen molar-refractivity contribution in [3.05, 3.63) is 53.1 Å². The van der Waals surface area contributed by atoms with Gasteiger partial charge in [0.15, 0.2) is 0 Å². The van der Waals surface area contributed by atoms with Crippen molar-refractivity contribution in [3.63, 3.8) is 0 Å². The lowest BCUT2D eigenvalue weighted by atomic mass is 10.1. The van der Waals surface area contributed by atoms with Gasteiger partial charge in [0.1, 0.15) is 11.0 Å². The van der Waals surface area contributed by atoms with Crippen LogP contribution in [0.1, 0.15) is 11.4 Å². The van der Waals surface area contributed by atoms with E-state index in [0.717, 1.165) is 18.7 Å². The van der Waals surface area contributed by atoms with Crippen molar-refractivity contribution >= 4 is 24.0 Å². The fourth-order valence-corrected chi connectivity index (χ4v) is 1.53. The predicted octanol–water partition coefficient (Wildman–Crippen LogP) is 3.27. The van der Waals surface area contributed by atoms with E-state index < -0.39 is 0 Å². The predicted molar refractivity (Wildman–Crippen MR) is 64.7 cm³/mol. The zero-order valence-corrected chi connectivity index (χ0v) is 9.68. The van der Waals surface area contributed by atoms with Crippen molar-refractivity contribution < 1.29 is 0 Å². The summed E-state index contributed by atoms with van der Waals surface area (Å²) in [5, 5.41) is 0.605. The van der Waals surface area contributed by atoms with Crippen LogP contribution in [-0.4, -0.2) is 9.97 Å². The highest BCUT2D eigenvalue weighted by Crippen LogP contribution is 2.07. The highest BCUT2D eigenvalue weighted by Gasteiger charge is 1.98. The van der Waals surface area contributed by atoms with E-state index in [1.807, 2.05) is 18.2 Å². The van der Waals surface area contributed by atoms with Crippen LogP contribution < -0.4 is 0 Å². The Morgan fingerprint density at radius 1 is 1.13 bits per heavy atom. The Morgan fingerprint density at radius 2 is 1.87 bits per heavy atom. The molecule has 0 spiro atoms. The number of hydrogen-bond donors (Lipinski definition) is 1. The fourth-order valence-electron chi connectivity index (χ4n) is 1.37. The molecule has 2 rings (SSSR count). The topological polar surface area (TPSA) is 28.7 Å². The van der Waals surface area contributed by atoms with E-state index in [1.165, 1.54) is 5.56 Å². The number of nitrogens with zero attached hydrogens (tertiary/aromatic N) is 1. The van der Waals surface area contributed by atoms with Gasteiger partial charge in [0.25, 0.3) is 0 Å². The van der Waals surface area contributed by atoms with E-state index in [9.17, 15) is 0 Å². The van der Waals surface area contributed by atoms with Crippen LogP contribution in [0.15, 0.2) is 36.5 Å². The number of nitrogens with one attached hydrogen (secondary N) is 1. The van der Waals surface area contributed by atoms with Gasteiger partial charge in [-0.1, -0.05) is 41.9 Å². The first-order valence-corrected chi connectivity index (χ1v) is 4.96. The fraction of sp³-hybridized carbons (Fsp3) is 0.182. The van der Waals surface area contributed by atoms with E-state index in [2.05, 4.69) is 22.1 Å². The van der Waals surface area contributed by atoms with Gasteiger partial charge in [-0.15, -0.1) is 12.4 Å². The zero-order chi connectivity index (χ0) is 9.80. The minimum atomic E-state index is 0. The lowest BCUT2D eigenvalue weighted by molar-refractivity contribution is 0.884. The molecule has 0 bridgehead atoms. The lowest BCUT2D eigenvalue weighted by Crippen LogP contribution is -1.92. The van der Waals surface area contributed by atoms with E-state index >= 15 is 0 Å². The van der Waals surface area contributed by atoms with Crippen LogP contribution in [0, 0.1) is 0 Å². The van der Waals surface area contributed by atoms with Gasteiger partial charge >= 0.3 is 0 Å². The Labute approximate surface area is 100 Å². The van der Waals surface area contributed by atoms with Gasteiger partial charge in [0.05, 0.1) is 6.20 Å². The van der Waals surface area contributed by atoms with Crippen LogP contribution in [0.3, 0.4) is 0 Å². The summed E-state index contributed by atoms with van der Waals surface area (Å²) in [4.78, 5) is 7.14. The summed E-state index contributed by atoms with van der Waals surface area (Å²) in [6.07, 6.45) is 3.53. The molecule has 1 aromatic heterocycles. The molecule has 1 heterocycles. The number of benzene rings is 1. The van der Waals surface area contributed by atoms with Crippen molar-refractivity contribution in [1.82, 2.24) is 9.97 Å². The first-order valence-electron chi connectivity index (χ1n) is 4.58. The number of aryl methyl sites for hydroxylation is 2. The molecule has 0 saturated heterocycles. The molecule has 0 radical (unpaired) electrons. The van der Waals surface area contributed by atoms with Crippen LogP contribution in [0.2, 0.25) is 5.15 Å². The Bertz CT molecular complexity index is 398. The standard InChI is InChI=1S/C11H11ClN2.ClH/c12-10-8-13-11(14-10)7-6-9-4-2-1-3-5-9;/h1-5,8H,6-7H2,(H,13,14);1H. The molecule has 0 atom stereocenters.